The highest BCUT2D eigenvalue weighted by atomic mass is 79.9. The Morgan fingerprint density at radius 1 is 1.05 bits per heavy atom. The number of benzene rings is 2. The zero-order chi connectivity index (χ0) is 14.7. The summed E-state index contributed by atoms with van der Waals surface area (Å²) in [5.41, 5.74) is 2.41. The molecule has 2 aromatic carbocycles. The largest absolute Gasteiger partial charge is 0.455 e. The number of halogens is 1. The topological polar surface area (TPSA) is 30.2 Å². The van der Waals surface area contributed by atoms with Crippen LogP contribution < -0.4 is 5.43 Å². The minimum Gasteiger partial charge on any atom is -0.455 e. The molecule has 0 N–H and O–H groups in total. The van der Waals surface area contributed by atoms with Gasteiger partial charge in [-0.05, 0) is 6.07 Å². The minimum absolute atomic E-state index is 0.0239. The van der Waals surface area contributed by atoms with E-state index in [9.17, 15) is 4.79 Å². The third kappa shape index (κ3) is 2.83. The molecule has 0 saturated heterocycles. The molecule has 0 atom stereocenters. The van der Waals surface area contributed by atoms with Crippen LogP contribution in [0, 0.1) is 0 Å². The van der Waals surface area contributed by atoms with E-state index in [-0.39, 0.29) is 5.43 Å². The van der Waals surface area contributed by atoms with E-state index in [2.05, 4.69) is 15.9 Å². The van der Waals surface area contributed by atoms with E-state index < -0.39 is 0 Å². The average molecular weight is 341 g/mol. The molecule has 0 unspecified atom stereocenters. The first-order valence-corrected chi connectivity index (χ1v) is 7.76. The molecule has 0 radical (unpaired) electrons. The normalized spacial score (nSPS) is 11.3. The van der Waals surface area contributed by atoms with Gasteiger partial charge in [0.1, 0.15) is 11.3 Å². The van der Waals surface area contributed by atoms with Crippen molar-refractivity contribution >= 4 is 33.0 Å². The molecule has 0 spiro atoms. The average Bonchev–Trinajstić information content (AvgIpc) is 2.54. The summed E-state index contributed by atoms with van der Waals surface area (Å²) in [5, 5.41) is 1.36. The van der Waals surface area contributed by atoms with Crippen LogP contribution in [0.5, 0.6) is 0 Å². The van der Waals surface area contributed by atoms with Gasteiger partial charge in [0.25, 0.3) is 0 Å². The van der Waals surface area contributed by atoms with Crippen molar-refractivity contribution in [3.8, 4) is 11.3 Å². The van der Waals surface area contributed by atoms with Crippen molar-refractivity contribution in [3.05, 3.63) is 76.5 Å². The first-order chi connectivity index (χ1) is 10.3. The predicted molar refractivity (Wildman–Crippen MR) is 90.7 cm³/mol. The van der Waals surface area contributed by atoms with Crippen LogP contribution in [0.4, 0.5) is 0 Å². The van der Waals surface area contributed by atoms with Gasteiger partial charge in [-0.2, -0.15) is 0 Å². The second-order valence-corrected chi connectivity index (χ2v) is 5.27. The maximum atomic E-state index is 12.3. The molecule has 0 aliphatic rings. The zero-order valence-electron chi connectivity index (χ0n) is 11.3. The molecule has 0 aliphatic carbocycles. The fourth-order valence-corrected chi connectivity index (χ4v) is 2.43. The van der Waals surface area contributed by atoms with Gasteiger partial charge in [0, 0.05) is 22.5 Å². The van der Waals surface area contributed by atoms with E-state index >= 15 is 0 Å². The molecule has 0 amide bonds. The number of allylic oxidation sites excluding steroid dienone is 1. The highest BCUT2D eigenvalue weighted by Crippen LogP contribution is 2.24. The van der Waals surface area contributed by atoms with Crippen LogP contribution in [0.1, 0.15) is 5.56 Å². The van der Waals surface area contributed by atoms with E-state index in [4.69, 9.17) is 4.42 Å². The molecule has 3 heteroatoms. The lowest BCUT2D eigenvalue weighted by Crippen LogP contribution is -2.01. The molecular formula is C18H13BrO2. The number of fused-ring (bicyclic) bond motifs is 1. The number of hydrogen-bond donors (Lipinski definition) is 0. The summed E-state index contributed by atoms with van der Waals surface area (Å²) in [7, 11) is 0. The Morgan fingerprint density at radius 3 is 2.62 bits per heavy atom. The van der Waals surface area contributed by atoms with Gasteiger partial charge in [-0.15, -0.1) is 0 Å². The van der Waals surface area contributed by atoms with Crippen LogP contribution in [0.25, 0.3) is 28.4 Å². The molecule has 3 rings (SSSR count). The Labute approximate surface area is 130 Å². The fourth-order valence-electron chi connectivity index (χ4n) is 2.25. The van der Waals surface area contributed by atoms with E-state index in [0.29, 0.717) is 16.7 Å². The molecule has 104 valence electrons. The Bertz CT molecular complexity index is 848. The van der Waals surface area contributed by atoms with Crippen molar-refractivity contribution < 1.29 is 4.42 Å². The highest BCUT2D eigenvalue weighted by Gasteiger charge is 2.08. The summed E-state index contributed by atoms with van der Waals surface area (Å²) < 4.78 is 5.99. The third-order valence-electron chi connectivity index (χ3n) is 3.23. The van der Waals surface area contributed by atoms with Gasteiger partial charge in [-0.3, -0.25) is 4.79 Å². The summed E-state index contributed by atoms with van der Waals surface area (Å²) in [6.45, 7) is 0. The molecule has 0 fully saturated rings. The highest BCUT2D eigenvalue weighted by molar-refractivity contribution is 9.09. The van der Waals surface area contributed by atoms with Crippen molar-refractivity contribution in [1.82, 2.24) is 0 Å². The van der Waals surface area contributed by atoms with Crippen LogP contribution in [-0.2, 0) is 0 Å². The van der Waals surface area contributed by atoms with Crippen molar-refractivity contribution in [2.75, 3.05) is 5.33 Å². The summed E-state index contributed by atoms with van der Waals surface area (Å²) in [5.74, 6) is 0.591. The van der Waals surface area contributed by atoms with Crippen molar-refractivity contribution in [3.63, 3.8) is 0 Å². The summed E-state index contributed by atoms with van der Waals surface area (Å²) >= 11 is 3.36. The molecule has 2 nitrogen and oxygen atoms in total. The van der Waals surface area contributed by atoms with Crippen LogP contribution in [-0.4, -0.2) is 5.33 Å². The van der Waals surface area contributed by atoms with Crippen LogP contribution in [0.3, 0.4) is 0 Å². The number of para-hydroxylation sites is 1. The van der Waals surface area contributed by atoms with E-state index in [0.717, 1.165) is 16.5 Å². The van der Waals surface area contributed by atoms with Crippen molar-refractivity contribution in [2.45, 2.75) is 0 Å². The molecule has 21 heavy (non-hydrogen) atoms. The smallest absolute Gasteiger partial charge is 0.193 e. The predicted octanol–water partition coefficient (Wildman–Crippen LogP) is 4.87. The van der Waals surface area contributed by atoms with Gasteiger partial charge in [-0.1, -0.05) is 70.5 Å². The van der Waals surface area contributed by atoms with Gasteiger partial charge in [0.05, 0.1) is 5.39 Å². The monoisotopic (exact) mass is 340 g/mol. The lowest BCUT2D eigenvalue weighted by Gasteiger charge is -2.05. The maximum absolute atomic E-state index is 12.3. The Balaban J connectivity index is 2.27. The van der Waals surface area contributed by atoms with Crippen LogP contribution in [0.2, 0.25) is 0 Å². The molecule has 0 aliphatic heterocycles. The first-order valence-electron chi connectivity index (χ1n) is 6.64. The second kappa shape index (κ2) is 6.10. The number of rotatable bonds is 3. The van der Waals surface area contributed by atoms with Crippen molar-refractivity contribution in [2.24, 2.45) is 0 Å². The van der Waals surface area contributed by atoms with Gasteiger partial charge in [-0.25, -0.2) is 0 Å². The quantitative estimate of drug-likeness (QED) is 0.637. The van der Waals surface area contributed by atoms with Crippen LogP contribution in [0.15, 0.2) is 69.9 Å². The van der Waals surface area contributed by atoms with Gasteiger partial charge in [0.15, 0.2) is 5.43 Å². The van der Waals surface area contributed by atoms with E-state index in [1.807, 2.05) is 54.6 Å². The molecule has 0 bridgehead atoms. The molecule has 1 aromatic heterocycles. The van der Waals surface area contributed by atoms with Gasteiger partial charge >= 0.3 is 0 Å². The third-order valence-corrected chi connectivity index (χ3v) is 3.60. The Hall–Kier alpha value is -2.13. The first kappa shape index (κ1) is 13.8. The van der Waals surface area contributed by atoms with Gasteiger partial charge < -0.3 is 4.42 Å². The SMILES string of the molecule is O=c1cc(-c2ccccc2)oc2c(/C=C/CBr)cccc12. The Morgan fingerprint density at radius 2 is 1.86 bits per heavy atom. The fraction of sp³-hybridized carbons (Fsp3) is 0.0556. The summed E-state index contributed by atoms with van der Waals surface area (Å²) in [6, 6.07) is 16.8. The van der Waals surface area contributed by atoms with Crippen molar-refractivity contribution in [1.29, 1.82) is 0 Å². The molecule has 0 saturated carbocycles. The second-order valence-electron chi connectivity index (χ2n) is 4.62. The molecular weight excluding hydrogens is 328 g/mol. The minimum atomic E-state index is -0.0239. The molecule has 1 heterocycles. The lowest BCUT2D eigenvalue weighted by molar-refractivity contribution is 0.618. The summed E-state index contributed by atoms with van der Waals surface area (Å²) in [6.07, 6.45) is 3.93. The number of hydrogen-bond acceptors (Lipinski definition) is 2. The standard InChI is InChI=1S/C18H13BrO2/c19-11-5-9-14-8-4-10-15-16(20)12-17(21-18(14)15)13-6-2-1-3-7-13/h1-10,12H,11H2/b9-5+. The zero-order valence-corrected chi connectivity index (χ0v) is 12.8. The lowest BCUT2D eigenvalue weighted by atomic mass is 10.1. The van der Waals surface area contributed by atoms with E-state index in [1.54, 1.807) is 12.1 Å². The molecule has 3 aromatic rings. The summed E-state index contributed by atoms with van der Waals surface area (Å²) in [4.78, 5) is 12.3. The van der Waals surface area contributed by atoms with Crippen LogP contribution >= 0.6 is 15.9 Å². The Kier molecular flexibility index (Phi) is 4.02. The van der Waals surface area contributed by atoms with Gasteiger partial charge in [0.2, 0.25) is 0 Å². The maximum Gasteiger partial charge on any atom is 0.193 e. The van der Waals surface area contributed by atoms with E-state index in [1.165, 1.54) is 0 Å². The number of alkyl halides is 1.